The molecule has 5 N–H and O–H groups in total. The molecule has 1 unspecified atom stereocenters. The maximum absolute atomic E-state index is 11.6. The highest BCUT2D eigenvalue weighted by atomic mass is 32.2. The van der Waals surface area contributed by atoms with Crippen LogP contribution in [0.1, 0.15) is 5.56 Å². The van der Waals surface area contributed by atoms with Gasteiger partial charge in [0.05, 0.1) is 19.6 Å². The molecule has 0 fully saturated rings. The van der Waals surface area contributed by atoms with Crippen LogP contribution in [0.2, 0.25) is 0 Å². The number of aliphatic carboxylic acids is 1. The van der Waals surface area contributed by atoms with E-state index in [1.165, 1.54) is 0 Å². The molecule has 10 nitrogen and oxygen atoms in total. The standard InChI is InChI=1S/C20H30N6O4S/c1-24(7-8-25(2)11-18(22)27)10-16(26(12-19(23)28)13-20(29)30)9-15-3-5-17(6-4-15)31-14-21/h3-6,16H,7-13H2,1-2H3,(H2,22,27)(H2,23,28)(H,29,30). The first-order valence-corrected chi connectivity index (χ1v) is 10.5. The Morgan fingerprint density at radius 3 is 2.13 bits per heavy atom. The quantitative estimate of drug-likeness (QED) is 0.234. The molecule has 0 spiro atoms. The van der Waals surface area contributed by atoms with E-state index in [-0.39, 0.29) is 25.7 Å². The summed E-state index contributed by atoms with van der Waals surface area (Å²) in [7, 11) is 3.68. The molecule has 1 aromatic carbocycles. The number of nitrogens with zero attached hydrogens (tertiary/aromatic N) is 4. The SMILES string of the molecule is CN(CCN(C)CC(Cc1ccc(SC#N)cc1)N(CC(N)=O)CC(=O)O)CC(N)=O. The van der Waals surface area contributed by atoms with Crippen LogP contribution in [-0.2, 0) is 20.8 Å². The molecular weight excluding hydrogens is 420 g/mol. The number of rotatable bonds is 15. The van der Waals surface area contributed by atoms with Crippen molar-refractivity contribution >= 4 is 29.5 Å². The summed E-state index contributed by atoms with van der Waals surface area (Å²) in [6, 6.07) is 7.15. The topological polar surface area (TPSA) is 157 Å². The number of carboxylic acids is 1. The number of benzene rings is 1. The van der Waals surface area contributed by atoms with Crippen molar-refractivity contribution in [3.8, 4) is 5.40 Å². The minimum atomic E-state index is -1.05. The van der Waals surface area contributed by atoms with E-state index in [4.69, 9.17) is 16.7 Å². The van der Waals surface area contributed by atoms with E-state index in [0.717, 1.165) is 22.2 Å². The molecule has 0 bridgehead atoms. The van der Waals surface area contributed by atoms with Crippen molar-refractivity contribution in [2.24, 2.45) is 11.5 Å². The average Bonchev–Trinajstić information content (AvgIpc) is 2.66. The molecule has 1 rings (SSSR count). The van der Waals surface area contributed by atoms with Crippen molar-refractivity contribution in [1.29, 1.82) is 5.26 Å². The van der Waals surface area contributed by atoms with Gasteiger partial charge in [-0.3, -0.25) is 24.2 Å². The molecule has 170 valence electrons. The zero-order valence-corrected chi connectivity index (χ0v) is 18.7. The number of carbonyl (C=O) groups excluding carboxylic acids is 2. The lowest BCUT2D eigenvalue weighted by Gasteiger charge is -2.33. The van der Waals surface area contributed by atoms with Gasteiger partial charge in [0.1, 0.15) is 5.40 Å². The second kappa shape index (κ2) is 13.6. The fraction of sp³-hybridized carbons (Fsp3) is 0.500. The van der Waals surface area contributed by atoms with Gasteiger partial charge in [0.15, 0.2) is 0 Å². The molecule has 2 amide bonds. The van der Waals surface area contributed by atoms with Crippen LogP contribution in [0.3, 0.4) is 0 Å². The Morgan fingerprint density at radius 2 is 1.61 bits per heavy atom. The molecule has 0 aliphatic rings. The third kappa shape index (κ3) is 11.4. The van der Waals surface area contributed by atoms with Gasteiger partial charge in [-0.05, 0) is 50.0 Å². The van der Waals surface area contributed by atoms with E-state index in [2.05, 4.69) is 0 Å². The van der Waals surface area contributed by atoms with Crippen molar-refractivity contribution in [1.82, 2.24) is 14.7 Å². The minimum Gasteiger partial charge on any atom is -0.480 e. The van der Waals surface area contributed by atoms with Crippen LogP contribution in [0.4, 0.5) is 0 Å². The van der Waals surface area contributed by atoms with E-state index in [1.807, 2.05) is 41.6 Å². The Hall–Kier alpha value is -2.65. The summed E-state index contributed by atoms with van der Waals surface area (Å²) in [5.41, 5.74) is 11.5. The number of carbonyl (C=O) groups is 3. The van der Waals surface area contributed by atoms with Crippen molar-refractivity contribution in [3.63, 3.8) is 0 Å². The van der Waals surface area contributed by atoms with Crippen LogP contribution in [0.25, 0.3) is 0 Å². The Kier molecular flexibility index (Phi) is 11.6. The lowest BCUT2D eigenvalue weighted by molar-refractivity contribution is -0.139. The van der Waals surface area contributed by atoms with Crippen molar-refractivity contribution in [2.75, 3.05) is 53.4 Å². The Morgan fingerprint density at radius 1 is 1.03 bits per heavy atom. The van der Waals surface area contributed by atoms with Crippen LogP contribution >= 0.6 is 11.8 Å². The summed E-state index contributed by atoms with van der Waals surface area (Å²) in [6.07, 6.45) is 0.500. The summed E-state index contributed by atoms with van der Waals surface area (Å²) in [5, 5.41) is 20.1. The summed E-state index contributed by atoms with van der Waals surface area (Å²) < 4.78 is 0. The number of nitrogens with two attached hydrogens (primary N) is 2. The van der Waals surface area contributed by atoms with Crippen LogP contribution in [-0.4, -0.2) is 97.0 Å². The van der Waals surface area contributed by atoms with Crippen molar-refractivity contribution in [2.45, 2.75) is 17.4 Å². The van der Waals surface area contributed by atoms with Gasteiger partial charge in [0.2, 0.25) is 11.8 Å². The number of amides is 2. The predicted molar refractivity (Wildman–Crippen MR) is 118 cm³/mol. The van der Waals surface area contributed by atoms with Gasteiger partial charge in [0.25, 0.3) is 0 Å². The average molecular weight is 451 g/mol. The molecule has 0 aliphatic heterocycles. The Labute approximate surface area is 186 Å². The number of nitriles is 1. The van der Waals surface area contributed by atoms with Gasteiger partial charge >= 0.3 is 5.97 Å². The summed E-state index contributed by atoms with van der Waals surface area (Å²) >= 11 is 1.06. The predicted octanol–water partition coefficient (Wildman–Crippen LogP) is -0.608. The maximum Gasteiger partial charge on any atom is 0.317 e. The van der Waals surface area contributed by atoms with Crippen LogP contribution < -0.4 is 11.5 Å². The highest BCUT2D eigenvalue weighted by molar-refractivity contribution is 8.03. The molecule has 1 atom stereocenters. The summed E-state index contributed by atoms with van der Waals surface area (Å²) in [5.74, 6) is -2.05. The smallest absolute Gasteiger partial charge is 0.317 e. The number of primary amides is 2. The van der Waals surface area contributed by atoms with Crippen LogP contribution in [0, 0.1) is 10.7 Å². The second-order valence-electron chi connectivity index (χ2n) is 7.43. The molecular formula is C20H30N6O4S. The third-order valence-electron chi connectivity index (χ3n) is 4.58. The normalized spacial score (nSPS) is 12.1. The fourth-order valence-corrected chi connectivity index (χ4v) is 3.53. The van der Waals surface area contributed by atoms with E-state index >= 15 is 0 Å². The van der Waals surface area contributed by atoms with Gasteiger partial charge in [-0.1, -0.05) is 12.1 Å². The molecule has 11 heteroatoms. The Balaban J connectivity index is 2.94. The van der Waals surface area contributed by atoms with E-state index < -0.39 is 17.8 Å². The number of thiocyanates is 1. The second-order valence-corrected chi connectivity index (χ2v) is 8.28. The number of thioether (sulfide) groups is 1. The monoisotopic (exact) mass is 450 g/mol. The first-order chi connectivity index (χ1) is 14.6. The van der Waals surface area contributed by atoms with E-state index in [0.29, 0.717) is 26.1 Å². The van der Waals surface area contributed by atoms with E-state index in [1.54, 1.807) is 16.8 Å². The van der Waals surface area contributed by atoms with Crippen LogP contribution in [0.15, 0.2) is 29.2 Å². The number of hydrogen-bond donors (Lipinski definition) is 3. The zero-order valence-electron chi connectivity index (χ0n) is 17.9. The van der Waals surface area contributed by atoms with Gasteiger partial charge in [-0.25, -0.2) is 0 Å². The lowest BCUT2D eigenvalue weighted by Crippen LogP contribution is -2.50. The third-order valence-corrected chi connectivity index (χ3v) is 5.18. The highest BCUT2D eigenvalue weighted by Gasteiger charge is 2.24. The summed E-state index contributed by atoms with van der Waals surface area (Å²) in [4.78, 5) is 40.2. The van der Waals surface area contributed by atoms with Crippen molar-refractivity contribution < 1.29 is 19.5 Å². The molecule has 0 radical (unpaired) electrons. The fourth-order valence-electron chi connectivity index (χ4n) is 3.15. The highest BCUT2D eigenvalue weighted by Crippen LogP contribution is 2.18. The van der Waals surface area contributed by atoms with Crippen molar-refractivity contribution in [3.05, 3.63) is 29.8 Å². The van der Waals surface area contributed by atoms with Gasteiger partial charge in [0, 0.05) is 30.6 Å². The molecule has 0 heterocycles. The number of hydrogen-bond acceptors (Lipinski definition) is 8. The van der Waals surface area contributed by atoms with Crippen LogP contribution in [0.5, 0.6) is 0 Å². The number of likely N-dealkylation sites (N-methyl/N-ethyl adjacent to an activating group) is 2. The molecule has 0 saturated carbocycles. The van der Waals surface area contributed by atoms with Gasteiger partial charge in [-0.2, -0.15) is 5.26 Å². The summed E-state index contributed by atoms with van der Waals surface area (Å²) in [6.45, 7) is 1.37. The molecule has 0 saturated heterocycles. The first-order valence-electron chi connectivity index (χ1n) is 9.65. The largest absolute Gasteiger partial charge is 0.480 e. The lowest BCUT2D eigenvalue weighted by atomic mass is 10.0. The Bertz CT molecular complexity index is 767. The zero-order chi connectivity index (χ0) is 23.4. The molecule has 0 aromatic heterocycles. The number of carboxylic acid groups (broad SMARTS) is 1. The molecule has 1 aromatic rings. The maximum atomic E-state index is 11.6. The first kappa shape index (κ1) is 26.4. The van der Waals surface area contributed by atoms with E-state index in [9.17, 15) is 19.5 Å². The molecule has 0 aliphatic carbocycles. The van der Waals surface area contributed by atoms with Gasteiger partial charge < -0.3 is 21.5 Å². The van der Waals surface area contributed by atoms with Gasteiger partial charge in [-0.15, -0.1) is 0 Å². The molecule has 31 heavy (non-hydrogen) atoms. The minimum absolute atomic E-state index is 0.150.